The standard InChI is InChI=1S/C17H18F3N5OS/c1-9(2)15-23-16(25(3)24-15)22-13(26)6-7-14-21-11-8-10(17(18,19)20)4-5-12(11)27-14/h4-5,8-9H,6-7H2,1-3H3,(H,22,23,24,26). The first-order valence-electron chi connectivity index (χ1n) is 8.31. The van der Waals surface area contributed by atoms with Crippen molar-refractivity contribution in [1.82, 2.24) is 19.7 Å². The van der Waals surface area contributed by atoms with Gasteiger partial charge in [-0.1, -0.05) is 13.8 Å². The quantitative estimate of drug-likeness (QED) is 0.702. The van der Waals surface area contributed by atoms with E-state index in [-0.39, 0.29) is 18.2 Å². The highest BCUT2D eigenvalue weighted by molar-refractivity contribution is 7.18. The molecule has 0 spiro atoms. The second-order valence-electron chi connectivity index (χ2n) is 6.41. The first kappa shape index (κ1) is 19.3. The zero-order valence-corrected chi connectivity index (χ0v) is 15.8. The van der Waals surface area contributed by atoms with Crippen molar-refractivity contribution in [2.75, 3.05) is 5.32 Å². The Morgan fingerprint density at radius 1 is 1.30 bits per heavy atom. The lowest BCUT2D eigenvalue weighted by atomic mass is 10.2. The molecule has 3 rings (SSSR count). The number of amides is 1. The monoisotopic (exact) mass is 397 g/mol. The third-order valence-corrected chi connectivity index (χ3v) is 4.97. The molecule has 0 atom stereocenters. The van der Waals surface area contributed by atoms with Gasteiger partial charge in [0.2, 0.25) is 11.9 Å². The minimum absolute atomic E-state index is 0.145. The van der Waals surface area contributed by atoms with Crippen molar-refractivity contribution >= 4 is 33.4 Å². The largest absolute Gasteiger partial charge is 0.416 e. The van der Waals surface area contributed by atoms with Crippen LogP contribution in [0.1, 0.15) is 42.6 Å². The molecule has 0 aliphatic rings. The third kappa shape index (κ3) is 4.44. The second-order valence-corrected chi connectivity index (χ2v) is 7.52. The lowest BCUT2D eigenvalue weighted by Gasteiger charge is -2.04. The molecule has 0 bridgehead atoms. The van der Waals surface area contributed by atoms with Crippen LogP contribution in [0.4, 0.5) is 19.1 Å². The number of benzene rings is 1. The maximum Gasteiger partial charge on any atom is 0.416 e. The fourth-order valence-electron chi connectivity index (χ4n) is 2.42. The molecule has 0 saturated heterocycles. The van der Waals surface area contributed by atoms with Crippen molar-refractivity contribution in [3.8, 4) is 0 Å². The Morgan fingerprint density at radius 3 is 2.67 bits per heavy atom. The molecule has 1 N–H and O–H groups in total. The van der Waals surface area contributed by atoms with Crippen molar-refractivity contribution in [3.05, 3.63) is 34.6 Å². The molecule has 0 radical (unpaired) electrons. The number of aromatic nitrogens is 4. The van der Waals surface area contributed by atoms with E-state index >= 15 is 0 Å². The van der Waals surface area contributed by atoms with Gasteiger partial charge in [-0.05, 0) is 18.2 Å². The van der Waals surface area contributed by atoms with Crippen molar-refractivity contribution in [1.29, 1.82) is 0 Å². The van der Waals surface area contributed by atoms with E-state index in [2.05, 4.69) is 20.4 Å². The lowest BCUT2D eigenvalue weighted by Crippen LogP contribution is -2.15. The Labute approximate surface area is 157 Å². The Bertz CT molecular complexity index is 977. The molecule has 0 saturated carbocycles. The molecule has 0 fully saturated rings. The van der Waals surface area contributed by atoms with Crippen LogP contribution in [-0.2, 0) is 24.4 Å². The fourth-order valence-corrected chi connectivity index (χ4v) is 3.37. The van der Waals surface area contributed by atoms with Crippen LogP contribution >= 0.6 is 11.3 Å². The summed E-state index contributed by atoms with van der Waals surface area (Å²) in [6, 6.07) is 3.48. The predicted molar refractivity (Wildman–Crippen MR) is 96.7 cm³/mol. The van der Waals surface area contributed by atoms with Crippen LogP contribution in [0.3, 0.4) is 0 Å². The summed E-state index contributed by atoms with van der Waals surface area (Å²) >= 11 is 1.28. The molecule has 10 heteroatoms. The van der Waals surface area contributed by atoms with Crippen LogP contribution < -0.4 is 5.32 Å². The number of carbonyl (C=O) groups excluding carboxylic acids is 1. The number of halogens is 3. The first-order chi connectivity index (χ1) is 12.6. The van der Waals surface area contributed by atoms with E-state index in [0.717, 1.165) is 12.1 Å². The summed E-state index contributed by atoms with van der Waals surface area (Å²) in [5, 5.41) is 7.54. The van der Waals surface area contributed by atoms with Crippen molar-refractivity contribution in [3.63, 3.8) is 0 Å². The smallest absolute Gasteiger partial charge is 0.295 e. The van der Waals surface area contributed by atoms with E-state index in [1.54, 1.807) is 7.05 Å². The predicted octanol–water partition coefficient (Wildman–Crippen LogP) is 4.14. The maximum atomic E-state index is 12.8. The molecule has 0 unspecified atom stereocenters. The summed E-state index contributed by atoms with van der Waals surface area (Å²) in [7, 11) is 1.69. The van der Waals surface area contributed by atoms with Gasteiger partial charge in [0.25, 0.3) is 0 Å². The van der Waals surface area contributed by atoms with Crippen LogP contribution in [0.15, 0.2) is 18.2 Å². The van der Waals surface area contributed by atoms with Crippen LogP contribution in [0.2, 0.25) is 0 Å². The summed E-state index contributed by atoms with van der Waals surface area (Å²) in [6.07, 6.45) is -3.92. The molecule has 2 aromatic heterocycles. The number of carbonyl (C=O) groups is 1. The van der Waals surface area contributed by atoms with Crippen LogP contribution in [0, 0.1) is 0 Å². The number of rotatable bonds is 5. The minimum atomic E-state index is -4.40. The van der Waals surface area contributed by atoms with Gasteiger partial charge in [-0.15, -0.1) is 11.3 Å². The number of alkyl halides is 3. The molecule has 0 aliphatic carbocycles. The van der Waals surface area contributed by atoms with Crippen LogP contribution in [0.25, 0.3) is 10.2 Å². The molecular formula is C17H18F3N5OS. The van der Waals surface area contributed by atoms with Gasteiger partial charge in [0.05, 0.1) is 20.8 Å². The van der Waals surface area contributed by atoms with Gasteiger partial charge in [0, 0.05) is 25.8 Å². The number of aryl methyl sites for hydroxylation is 2. The van der Waals surface area contributed by atoms with E-state index in [9.17, 15) is 18.0 Å². The minimum Gasteiger partial charge on any atom is -0.295 e. The number of thiazole rings is 1. The normalized spacial score (nSPS) is 12.1. The molecule has 1 aromatic carbocycles. The van der Waals surface area contributed by atoms with Gasteiger partial charge in [-0.3, -0.25) is 10.1 Å². The molecule has 0 aliphatic heterocycles. The van der Waals surface area contributed by atoms with E-state index in [4.69, 9.17) is 0 Å². The SMILES string of the molecule is CC(C)c1nc(NC(=O)CCc2nc3cc(C(F)(F)F)ccc3s2)n(C)n1. The van der Waals surface area contributed by atoms with Gasteiger partial charge in [0.15, 0.2) is 5.82 Å². The zero-order chi connectivity index (χ0) is 19.8. The topological polar surface area (TPSA) is 72.7 Å². The summed E-state index contributed by atoms with van der Waals surface area (Å²) < 4.78 is 40.5. The lowest BCUT2D eigenvalue weighted by molar-refractivity contribution is -0.137. The zero-order valence-electron chi connectivity index (χ0n) is 15.0. The third-order valence-electron chi connectivity index (χ3n) is 3.87. The summed E-state index contributed by atoms with van der Waals surface area (Å²) in [6.45, 7) is 3.91. The second kappa shape index (κ2) is 7.26. The van der Waals surface area contributed by atoms with E-state index in [1.807, 2.05) is 13.8 Å². The van der Waals surface area contributed by atoms with Crippen molar-refractivity contribution in [2.45, 2.75) is 38.8 Å². The fraction of sp³-hybridized carbons (Fsp3) is 0.412. The number of nitrogens with one attached hydrogen (secondary N) is 1. The van der Waals surface area contributed by atoms with E-state index in [0.29, 0.717) is 33.4 Å². The van der Waals surface area contributed by atoms with E-state index in [1.165, 1.54) is 22.1 Å². The van der Waals surface area contributed by atoms with Crippen LogP contribution in [0.5, 0.6) is 0 Å². The number of hydrogen-bond donors (Lipinski definition) is 1. The Balaban J connectivity index is 1.65. The average molecular weight is 397 g/mol. The highest BCUT2D eigenvalue weighted by atomic mass is 32.1. The molecule has 1 amide bonds. The summed E-state index contributed by atoms with van der Waals surface area (Å²) in [5.41, 5.74) is -0.437. The molecule has 2 heterocycles. The molecule has 27 heavy (non-hydrogen) atoms. The molecule has 6 nitrogen and oxygen atoms in total. The van der Waals surface area contributed by atoms with Gasteiger partial charge in [0.1, 0.15) is 0 Å². The molecule has 3 aromatic rings. The maximum absolute atomic E-state index is 12.8. The number of nitrogens with zero attached hydrogens (tertiary/aromatic N) is 4. The van der Waals surface area contributed by atoms with Crippen LogP contribution in [-0.4, -0.2) is 25.7 Å². The number of hydrogen-bond acceptors (Lipinski definition) is 5. The van der Waals surface area contributed by atoms with E-state index < -0.39 is 11.7 Å². The summed E-state index contributed by atoms with van der Waals surface area (Å²) in [5.74, 6) is 0.893. The highest BCUT2D eigenvalue weighted by Crippen LogP contribution is 2.33. The first-order valence-corrected chi connectivity index (χ1v) is 9.12. The van der Waals surface area contributed by atoms with Crippen molar-refractivity contribution in [2.24, 2.45) is 7.05 Å². The highest BCUT2D eigenvalue weighted by Gasteiger charge is 2.30. The van der Waals surface area contributed by atoms with Crippen molar-refractivity contribution < 1.29 is 18.0 Å². The molecule has 144 valence electrons. The number of fused-ring (bicyclic) bond motifs is 1. The van der Waals surface area contributed by atoms with Gasteiger partial charge in [-0.2, -0.15) is 23.3 Å². The Morgan fingerprint density at radius 2 is 2.04 bits per heavy atom. The Hall–Kier alpha value is -2.49. The van der Waals surface area contributed by atoms with Gasteiger partial charge >= 0.3 is 6.18 Å². The van der Waals surface area contributed by atoms with Gasteiger partial charge in [-0.25, -0.2) is 9.67 Å². The number of anilines is 1. The average Bonchev–Trinajstić information content (AvgIpc) is 3.15. The summed E-state index contributed by atoms with van der Waals surface area (Å²) in [4.78, 5) is 20.6. The van der Waals surface area contributed by atoms with Gasteiger partial charge < -0.3 is 0 Å². The Kier molecular flexibility index (Phi) is 5.18. The molecular weight excluding hydrogens is 379 g/mol.